The molecule has 1 aliphatic rings. The second-order valence-electron chi connectivity index (χ2n) is 5.76. The summed E-state index contributed by atoms with van der Waals surface area (Å²) < 4.78 is 5.51. The van der Waals surface area contributed by atoms with Gasteiger partial charge in [0.1, 0.15) is 0 Å². The van der Waals surface area contributed by atoms with Crippen molar-refractivity contribution in [3.05, 3.63) is 16.1 Å². The maximum atomic E-state index is 9.84. The molecule has 0 saturated heterocycles. The fourth-order valence-corrected chi connectivity index (χ4v) is 3.46. The first-order valence-electron chi connectivity index (χ1n) is 7.70. The number of rotatable bonds is 9. The van der Waals surface area contributed by atoms with Gasteiger partial charge in [0.25, 0.3) is 0 Å². The van der Waals surface area contributed by atoms with E-state index in [0.717, 1.165) is 37.9 Å². The van der Waals surface area contributed by atoms with E-state index in [4.69, 9.17) is 4.74 Å². The van der Waals surface area contributed by atoms with Crippen molar-refractivity contribution in [3.8, 4) is 0 Å². The van der Waals surface area contributed by atoms with E-state index in [1.165, 1.54) is 4.88 Å². The van der Waals surface area contributed by atoms with E-state index >= 15 is 0 Å². The monoisotopic (exact) mass is 314 g/mol. The van der Waals surface area contributed by atoms with Crippen LogP contribution in [0.25, 0.3) is 0 Å². The summed E-state index contributed by atoms with van der Waals surface area (Å²) in [4.78, 5) is 5.45. The number of aliphatic hydroxyl groups excluding tert-OH is 2. The number of hydrogen-bond donors (Lipinski definition) is 3. The third-order valence-electron chi connectivity index (χ3n) is 4.03. The van der Waals surface area contributed by atoms with Gasteiger partial charge in [-0.2, -0.15) is 0 Å². The topological polar surface area (TPSA) is 74.6 Å². The molecule has 3 unspecified atom stereocenters. The van der Waals surface area contributed by atoms with Crippen molar-refractivity contribution in [2.24, 2.45) is 5.92 Å². The molecule has 0 spiro atoms. The lowest BCUT2D eigenvalue weighted by molar-refractivity contribution is 0.0370. The van der Waals surface area contributed by atoms with Crippen LogP contribution in [-0.2, 0) is 11.2 Å². The molecule has 0 aliphatic heterocycles. The molecule has 1 aromatic rings. The fourth-order valence-electron chi connectivity index (χ4n) is 2.70. The Hall–Kier alpha value is -0.530. The molecular weight excluding hydrogens is 288 g/mol. The second-order valence-corrected chi connectivity index (χ2v) is 6.70. The average molecular weight is 314 g/mol. The Kier molecular flexibility index (Phi) is 7.06. The van der Waals surface area contributed by atoms with Crippen LogP contribution in [0.15, 0.2) is 5.51 Å². The third-order valence-corrected chi connectivity index (χ3v) is 5.03. The van der Waals surface area contributed by atoms with Crippen LogP contribution in [0, 0.1) is 12.8 Å². The third kappa shape index (κ3) is 5.64. The van der Waals surface area contributed by atoms with Crippen LogP contribution in [0.1, 0.15) is 29.8 Å². The molecule has 1 saturated carbocycles. The van der Waals surface area contributed by atoms with E-state index in [9.17, 15) is 10.2 Å². The van der Waals surface area contributed by atoms with Crippen LogP contribution in [0.2, 0.25) is 0 Å². The van der Waals surface area contributed by atoms with Gasteiger partial charge in [-0.25, -0.2) is 4.98 Å². The van der Waals surface area contributed by atoms with Crippen molar-refractivity contribution in [1.29, 1.82) is 0 Å². The van der Waals surface area contributed by atoms with Gasteiger partial charge < -0.3 is 20.3 Å². The van der Waals surface area contributed by atoms with Gasteiger partial charge in [-0.15, -0.1) is 11.3 Å². The molecule has 5 nitrogen and oxygen atoms in total. The Morgan fingerprint density at radius 3 is 3.05 bits per heavy atom. The van der Waals surface area contributed by atoms with Crippen LogP contribution in [-0.4, -0.2) is 53.7 Å². The normalized spacial score (nSPS) is 23.6. The maximum absolute atomic E-state index is 9.84. The number of aromatic nitrogens is 1. The van der Waals surface area contributed by atoms with Crippen LogP contribution >= 0.6 is 11.3 Å². The predicted molar refractivity (Wildman–Crippen MR) is 83.6 cm³/mol. The fraction of sp³-hybridized carbons (Fsp3) is 0.800. The summed E-state index contributed by atoms with van der Waals surface area (Å²) in [6.07, 6.45) is 3.28. The van der Waals surface area contributed by atoms with E-state index in [2.05, 4.69) is 10.3 Å². The number of hydrogen-bond acceptors (Lipinski definition) is 6. The van der Waals surface area contributed by atoms with E-state index in [0.29, 0.717) is 25.7 Å². The van der Waals surface area contributed by atoms with Gasteiger partial charge in [0.15, 0.2) is 0 Å². The van der Waals surface area contributed by atoms with Gasteiger partial charge in [0.05, 0.1) is 36.6 Å². The molecule has 1 heterocycles. The van der Waals surface area contributed by atoms with E-state index in [1.54, 1.807) is 11.3 Å². The minimum Gasteiger partial charge on any atom is -0.393 e. The molecule has 1 aliphatic carbocycles. The van der Waals surface area contributed by atoms with Crippen molar-refractivity contribution in [2.75, 3.05) is 26.3 Å². The Morgan fingerprint density at radius 1 is 1.52 bits per heavy atom. The minimum atomic E-state index is -0.494. The summed E-state index contributed by atoms with van der Waals surface area (Å²) in [6.45, 7) is 4.25. The summed E-state index contributed by atoms with van der Waals surface area (Å²) in [5.74, 6) is 0.340. The molecule has 2 rings (SSSR count). The first-order valence-corrected chi connectivity index (χ1v) is 8.58. The first kappa shape index (κ1) is 16.8. The summed E-state index contributed by atoms with van der Waals surface area (Å²) in [5.41, 5.74) is 2.92. The number of nitrogens with one attached hydrogen (secondary N) is 1. The van der Waals surface area contributed by atoms with Crippen molar-refractivity contribution < 1.29 is 14.9 Å². The molecule has 0 bridgehead atoms. The molecule has 3 atom stereocenters. The standard InChI is InChI=1S/C15H26N2O3S/c1-11-15(21-10-17-11)5-6-20-9-13(18)8-16-7-12-3-2-4-14(12)19/h10,12-14,16,18-19H,2-9H2,1H3. The quantitative estimate of drug-likeness (QED) is 0.596. The zero-order valence-electron chi connectivity index (χ0n) is 12.6. The molecular formula is C15H26N2O3S. The molecule has 6 heteroatoms. The van der Waals surface area contributed by atoms with Gasteiger partial charge >= 0.3 is 0 Å². The number of ether oxygens (including phenoxy) is 1. The number of aryl methyl sites for hydroxylation is 1. The van der Waals surface area contributed by atoms with Crippen LogP contribution in [0.3, 0.4) is 0 Å². The number of aliphatic hydroxyl groups is 2. The van der Waals surface area contributed by atoms with Gasteiger partial charge in [0.2, 0.25) is 0 Å². The summed E-state index contributed by atoms with van der Waals surface area (Å²) >= 11 is 1.65. The highest BCUT2D eigenvalue weighted by Gasteiger charge is 2.24. The van der Waals surface area contributed by atoms with E-state index < -0.39 is 6.10 Å². The molecule has 3 N–H and O–H groups in total. The Labute approximate surface area is 130 Å². The number of nitrogens with zero attached hydrogens (tertiary/aromatic N) is 1. The molecule has 120 valence electrons. The minimum absolute atomic E-state index is 0.173. The average Bonchev–Trinajstić information content (AvgIpc) is 3.04. The molecule has 0 amide bonds. The lowest BCUT2D eigenvalue weighted by atomic mass is 10.1. The molecule has 1 aromatic heterocycles. The maximum Gasteiger partial charge on any atom is 0.0897 e. The second kappa shape index (κ2) is 8.80. The van der Waals surface area contributed by atoms with Crippen molar-refractivity contribution >= 4 is 11.3 Å². The lowest BCUT2D eigenvalue weighted by Crippen LogP contribution is -2.35. The molecule has 0 aromatic carbocycles. The predicted octanol–water partition coefficient (Wildman–Crippen LogP) is 1.12. The van der Waals surface area contributed by atoms with Crippen molar-refractivity contribution in [2.45, 2.75) is 44.8 Å². The highest BCUT2D eigenvalue weighted by Crippen LogP contribution is 2.24. The highest BCUT2D eigenvalue weighted by molar-refractivity contribution is 7.09. The molecule has 1 fully saturated rings. The highest BCUT2D eigenvalue weighted by atomic mass is 32.1. The summed E-state index contributed by atoms with van der Waals surface area (Å²) in [6, 6.07) is 0. The Bertz CT molecular complexity index is 413. The van der Waals surface area contributed by atoms with Gasteiger partial charge in [-0.3, -0.25) is 0 Å². The Morgan fingerprint density at radius 2 is 2.38 bits per heavy atom. The largest absolute Gasteiger partial charge is 0.393 e. The van der Waals surface area contributed by atoms with Gasteiger partial charge in [-0.05, 0) is 25.7 Å². The van der Waals surface area contributed by atoms with E-state index in [1.807, 2.05) is 12.4 Å². The smallest absolute Gasteiger partial charge is 0.0897 e. The Balaban J connectivity index is 1.49. The summed E-state index contributed by atoms with van der Waals surface area (Å²) in [7, 11) is 0. The van der Waals surface area contributed by atoms with Crippen molar-refractivity contribution in [1.82, 2.24) is 10.3 Å². The lowest BCUT2D eigenvalue weighted by Gasteiger charge is -2.17. The van der Waals surface area contributed by atoms with Gasteiger partial charge in [0, 0.05) is 24.4 Å². The van der Waals surface area contributed by atoms with Crippen LogP contribution in [0.4, 0.5) is 0 Å². The van der Waals surface area contributed by atoms with Crippen LogP contribution in [0.5, 0.6) is 0 Å². The van der Waals surface area contributed by atoms with E-state index in [-0.39, 0.29) is 6.10 Å². The zero-order valence-corrected chi connectivity index (χ0v) is 13.4. The van der Waals surface area contributed by atoms with Crippen LogP contribution < -0.4 is 5.32 Å². The first-order chi connectivity index (χ1) is 10.2. The molecule has 21 heavy (non-hydrogen) atoms. The number of thiazole rings is 1. The molecule has 0 radical (unpaired) electrons. The SMILES string of the molecule is Cc1ncsc1CCOCC(O)CNCC1CCCC1O. The van der Waals surface area contributed by atoms with Crippen molar-refractivity contribution in [3.63, 3.8) is 0 Å². The summed E-state index contributed by atoms with van der Waals surface area (Å²) in [5, 5.41) is 22.8. The van der Waals surface area contributed by atoms with Gasteiger partial charge in [-0.1, -0.05) is 6.42 Å². The zero-order chi connectivity index (χ0) is 15.1.